The fourth-order valence-electron chi connectivity index (χ4n) is 2.73. The molecule has 1 saturated heterocycles. The first-order chi connectivity index (χ1) is 10.4. The van der Waals surface area contributed by atoms with E-state index in [9.17, 15) is 9.59 Å². The zero-order valence-electron chi connectivity index (χ0n) is 13.4. The van der Waals surface area contributed by atoms with Crippen molar-refractivity contribution in [3.8, 4) is 0 Å². The summed E-state index contributed by atoms with van der Waals surface area (Å²) < 4.78 is 0. The van der Waals surface area contributed by atoms with Crippen molar-refractivity contribution < 1.29 is 14.7 Å². The van der Waals surface area contributed by atoms with Crippen LogP contribution in [0, 0.1) is 5.92 Å². The van der Waals surface area contributed by atoms with Crippen molar-refractivity contribution in [3.05, 3.63) is 21.9 Å². The van der Waals surface area contributed by atoms with Gasteiger partial charge in [-0.05, 0) is 31.4 Å². The second kappa shape index (κ2) is 7.24. The number of hydrogen-bond acceptors (Lipinski definition) is 4. The van der Waals surface area contributed by atoms with E-state index in [0.717, 1.165) is 19.5 Å². The smallest absolute Gasteiger partial charge is 0.323 e. The second-order valence-electron chi connectivity index (χ2n) is 6.27. The van der Waals surface area contributed by atoms with Crippen molar-refractivity contribution >= 4 is 23.2 Å². The third-order valence-corrected chi connectivity index (χ3v) is 4.98. The SMILES string of the molecule is CC(C)Cc1ccc(CN2CCN(CC(=O)O)C(=O)C2C)s1. The van der Waals surface area contributed by atoms with E-state index in [-0.39, 0.29) is 18.5 Å². The molecule has 1 unspecified atom stereocenters. The van der Waals surface area contributed by atoms with Crippen LogP contribution in [0.1, 0.15) is 30.5 Å². The minimum atomic E-state index is -0.953. The molecule has 1 atom stereocenters. The highest BCUT2D eigenvalue weighted by Crippen LogP contribution is 2.23. The van der Waals surface area contributed by atoms with Gasteiger partial charge in [0.15, 0.2) is 0 Å². The molecule has 0 radical (unpaired) electrons. The minimum Gasteiger partial charge on any atom is -0.480 e. The van der Waals surface area contributed by atoms with Gasteiger partial charge in [-0.15, -0.1) is 11.3 Å². The number of carboxylic acids is 1. The molecule has 1 aromatic rings. The maximum absolute atomic E-state index is 12.2. The Morgan fingerprint density at radius 2 is 2.05 bits per heavy atom. The Morgan fingerprint density at radius 1 is 1.36 bits per heavy atom. The summed E-state index contributed by atoms with van der Waals surface area (Å²) in [6, 6.07) is 4.06. The van der Waals surface area contributed by atoms with Crippen LogP contribution in [0.2, 0.25) is 0 Å². The van der Waals surface area contributed by atoms with Crippen LogP contribution in [0.25, 0.3) is 0 Å². The standard InChI is InChI=1S/C16H24N2O3S/c1-11(2)8-13-4-5-14(22-13)9-17-6-7-18(10-15(19)20)16(21)12(17)3/h4-5,11-12H,6-10H2,1-3H3,(H,19,20). The Labute approximate surface area is 135 Å². The lowest BCUT2D eigenvalue weighted by Gasteiger charge is -2.38. The molecule has 2 rings (SSSR count). The van der Waals surface area contributed by atoms with Gasteiger partial charge in [-0.2, -0.15) is 0 Å². The topological polar surface area (TPSA) is 60.9 Å². The minimum absolute atomic E-state index is 0.0902. The zero-order valence-corrected chi connectivity index (χ0v) is 14.2. The molecule has 0 saturated carbocycles. The van der Waals surface area contributed by atoms with Gasteiger partial charge in [0, 0.05) is 29.4 Å². The monoisotopic (exact) mass is 324 g/mol. The number of thiophene rings is 1. The fraction of sp³-hybridized carbons (Fsp3) is 0.625. The number of rotatable bonds is 6. The fourth-order valence-corrected chi connectivity index (χ4v) is 3.99. The van der Waals surface area contributed by atoms with Gasteiger partial charge in [0.2, 0.25) is 5.91 Å². The Bertz CT molecular complexity index is 541. The molecule has 0 aliphatic carbocycles. The third-order valence-electron chi connectivity index (χ3n) is 3.89. The Kier molecular flexibility index (Phi) is 5.58. The molecule has 1 N–H and O–H groups in total. The molecule has 1 amide bonds. The molecule has 1 aliphatic rings. The second-order valence-corrected chi connectivity index (χ2v) is 7.52. The highest BCUT2D eigenvalue weighted by molar-refractivity contribution is 7.11. The number of carbonyl (C=O) groups is 2. The van der Waals surface area contributed by atoms with Crippen LogP contribution in [0.5, 0.6) is 0 Å². The van der Waals surface area contributed by atoms with Crippen LogP contribution in [0.4, 0.5) is 0 Å². The van der Waals surface area contributed by atoms with Gasteiger partial charge in [0.25, 0.3) is 0 Å². The predicted octanol–water partition coefficient (Wildman–Crippen LogP) is 2.06. The van der Waals surface area contributed by atoms with Crippen LogP contribution >= 0.6 is 11.3 Å². The molecular weight excluding hydrogens is 300 g/mol. The lowest BCUT2D eigenvalue weighted by atomic mass is 10.1. The molecule has 122 valence electrons. The third kappa shape index (κ3) is 4.30. The number of nitrogens with zero attached hydrogens (tertiary/aromatic N) is 2. The van der Waals surface area contributed by atoms with E-state index in [1.807, 2.05) is 18.3 Å². The Hall–Kier alpha value is -1.40. The summed E-state index contributed by atoms with van der Waals surface area (Å²) in [6.07, 6.45) is 1.09. The van der Waals surface area contributed by atoms with Gasteiger partial charge in [-0.1, -0.05) is 13.8 Å². The molecule has 1 aromatic heterocycles. The van der Waals surface area contributed by atoms with Crippen molar-refractivity contribution in [3.63, 3.8) is 0 Å². The van der Waals surface area contributed by atoms with E-state index in [4.69, 9.17) is 5.11 Å². The summed E-state index contributed by atoms with van der Waals surface area (Å²) in [5.41, 5.74) is 0. The lowest BCUT2D eigenvalue weighted by molar-refractivity contribution is -0.150. The maximum Gasteiger partial charge on any atom is 0.323 e. The van der Waals surface area contributed by atoms with Crippen LogP contribution in [0.15, 0.2) is 12.1 Å². The van der Waals surface area contributed by atoms with Crippen molar-refractivity contribution in [1.82, 2.24) is 9.80 Å². The van der Waals surface area contributed by atoms with Gasteiger partial charge >= 0.3 is 5.97 Å². The van der Waals surface area contributed by atoms with Crippen molar-refractivity contribution in [2.45, 2.75) is 39.8 Å². The van der Waals surface area contributed by atoms with Gasteiger partial charge in [-0.25, -0.2) is 0 Å². The number of amides is 1. The first-order valence-electron chi connectivity index (χ1n) is 7.69. The molecular formula is C16H24N2O3S. The van der Waals surface area contributed by atoms with Crippen LogP contribution in [-0.2, 0) is 22.6 Å². The summed E-state index contributed by atoms with van der Waals surface area (Å²) in [4.78, 5) is 29.2. The predicted molar refractivity (Wildman–Crippen MR) is 86.9 cm³/mol. The van der Waals surface area contributed by atoms with Gasteiger partial charge in [-0.3, -0.25) is 14.5 Å². The largest absolute Gasteiger partial charge is 0.480 e. The number of carbonyl (C=O) groups excluding carboxylic acids is 1. The molecule has 22 heavy (non-hydrogen) atoms. The molecule has 1 aliphatic heterocycles. The zero-order chi connectivity index (χ0) is 16.3. The summed E-state index contributed by atoms with van der Waals surface area (Å²) in [6.45, 7) is 8.05. The number of aliphatic carboxylic acids is 1. The molecule has 6 heteroatoms. The van der Waals surface area contributed by atoms with E-state index < -0.39 is 5.97 Å². The molecule has 2 heterocycles. The summed E-state index contributed by atoms with van der Waals surface area (Å²) in [5, 5.41) is 8.84. The van der Waals surface area contributed by atoms with E-state index in [2.05, 4.69) is 30.9 Å². The Balaban J connectivity index is 1.95. The maximum atomic E-state index is 12.2. The van der Waals surface area contributed by atoms with E-state index in [0.29, 0.717) is 12.5 Å². The van der Waals surface area contributed by atoms with Crippen LogP contribution in [0.3, 0.4) is 0 Å². The molecule has 0 aromatic carbocycles. The van der Waals surface area contributed by atoms with E-state index >= 15 is 0 Å². The first-order valence-corrected chi connectivity index (χ1v) is 8.50. The highest BCUT2D eigenvalue weighted by atomic mass is 32.1. The molecule has 0 bridgehead atoms. The van der Waals surface area contributed by atoms with E-state index in [1.165, 1.54) is 14.7 Å². The van der Waals surface area contributed by atoms with Crippen LogP contribution < -0.4 is 0 Å². The molecule has 0 spiro atoms. The summed E-state index contributed by atoms with van der Waals surface area (Å²) >= 11 is 1.81. The summed E-state index contributed by atoms with van der Waals surface area (Å²) in [5.74, 6) is -0.398. The number of piperazine rings is 1. The number of hydrogen-bond donors (Lipinski definition) is 1. The Morgan fingerprint density at radius 3 is 2.68 bits per heavy atom. The number of carboxylic acid groups (broad SMARTS) is 1. The average molecular weight is 324 g/mol. The molecule has 1 fully saturated rings. The van der Waals surface area contributed by atoms with E-state index in [1.54, 1.807) is 0 Å². The highest BCUT2D eigenvalue weighted by Gasteiger charge is 2.32. The van der Waals surface area contributed by atoms with Crippen LogP contribution in [-0.4, -0.2) is 52.5 Å². The first kappa shape index (κ1) is 17.0. The van der Waals surface area contributed by atoms with Gasteiger partial charge in [0.05, 0.1) is 6.04 Å². The van der Waals surface area contributed by atoms with Crippen molar-refractivity contribution in [1.29, 1.82) is 0 Å². The lowest BCUT2D eigenvalue weighted by Crippen LogP contribution is -2.56. The van der Waals surface area contributed by atoms with Gasteiger partial charge < -0.3 is 10.0 Å². The van der Waals surface area contributed by atoms with Crippen molar-refractivity contribution in [2.75, 3.05) is 19.6 Å². The quantitative estimate of drug-likeness (QED) is 0.870. The van der Waals surface area contributed by atoms with Gasteiger partial charge in [0.1, 0.15) is 6.54 Å². The normalized spacial score (nSPS) is 19.9. The average Bonchev–Trinajstić information content (AvgIpc) is 2.84. The van der Waals surface area contributed by atoms with Crippen molar-refractivity contribution in [2.24, 2.45) is 5.92 Å². The summed E-state index contributed by atoms with van der Waals surface area (Å²) in [7, 11) is 0. The molecule has 5 nitrogen and oxygen atoms in total.